The SMILES string of the molecule is COc1ccc(CN2CC3(CCN(C(=O)C4CCC4)CC3)c3c(n(C)c4cc(OC)ccc34)[C@@H]2CO)cc1. The third-order valence-electron chi connectivity index (χ3n) is 9.45. The van der Waals surface area contributed by atoms with E-state index in [-0.39, 0.29) is 24.0 Å². The lowest BCUT2D eigenvalue weighted by Crippen LogP contribution is -2.55. The average molecular weight is 518 g/mol. The number of hydrogen-bond acceptors (Lipinski definition) is 5. The number of hydrogen-bond donors (Lipinski definition) is 1. The van der Waals surface area contributed by atoms with Gasteiger partial charge in [0.2, 0.25) is 5.91 Å². The first kappa shape index (κ1) is 25.3. The zero-order chi connectivity index (χ0) is 26.4. The largest absolute Gasteiger partial charge is 0.497 e. The Morgan fingerprint density at radius 2 is 1.71 bits per heavy atom. The normalized spacial score (nSPS) is 21.4. The molecule has 1 N–H and O–H groups in total. The highest BCUT2D eigenvalue weighted by Crippen LogP contribution is 2.50. The fourth-order valence-corrected chi connectivity index (χ4v) is 7.07. The second kappa shape index (κ2) is 9.93. The molecule has 1 atom stereocenters. The van der Waals surface area contributed by atoms with E-state index in [0.29, 0.717) is 5.91 Å². The maximum atomic E-state index is 13.1. The maximum absolute atomic E-state index is 13.1. The lowest BCUT2D eigenvalue weighted by atomic mass is 9.68. The van der Waals surface area contributed by atoms with Crippen molar-refractivity contribution in [3.63, 3.8) is 0 Å². The summed E-state index contributed by atoms with van der Waals surface area (Å²) < 4.78 is 13.2. The van der Waals surface area contributed by atoms with Crippen molar-refractivity contribution in [1.82, 2.24) is 14.4 Å². The highest BCUT2D eigenvalue weighted by atomic mass is 16.5. The molecule has 1 aliphatic carbocycles. The van der Waals surface area contributed by atoms with E-state index in [0.717, 1.165) is 68.9 Å². The van der Waals surface area contributed by atoms with Crippen LogP contribution in [-0.4, -0.2) is 65.8 Å². The smallest absolute Gasteiger partial charge is 0.225 e. The molecule has 1 aromatic heterocycles. The van der Waals surface area contributed by atoms with E-state index in [2.05, 4.69) is 45.7 Å². The van der Waals surface area contributed by atoms with Crippen LogP contribution in [0.1, 0.15) is 55.0 Å². The number of likely N-dealkylation sites (tertiary alicyclic amines) is 1. The number of aryl methyl sites for hydroxylation is 1. The van der Waals surface area contributed by atoms with Crippen LogP contribution in [-0.2, 0) is 23.8 Å². The molecule has 7 heteroatoms. The molecule has 3 heterocycles. The van der Waals surface area contributed by atoms with Gasteiger partial charge in [-0.25, -0.2) is 0 Å². The first-order chi connectivity index (χ1) is 18.5. The Morgan fingerprint density at radius 3 is 2.32 bits per heavy atom. The summed E-state index contributed by atoms with van der Waals surface area (Å²) in [6, 6.07) is 14.5. The van der Waals surface area contributed by atoms with Gasteiger partial charge < -0.3 is 24.0 Å². The number of amides is 1. The summed E-state index contributed by atoms with van der Waals surface area (Å²) in [7, 11) is 5.50. The Bertz CT molecular complexity index is 1320. The number of nitrogens with zero attached hydrogens (tertiary/aromatic N) is 3. The molecule has 0 unspecified atom stereocenters. The Balaban J connectivity index is 1.41. The minimum absolute atomic E-state index is 0.0484. The third kappa shape index (κ3) is 4.07. The molecule has 1 spiro atoms. The molecule has 1 saturated carbocycles. The Hall–Kier alpha value is -3.03. The molecular formula is C31H39N3O4. The van der Waals surface area contributed by atoms with E-state index in [4.69, 9.17) is 9.47 Å². The fraction of sp³-hybridized carbons (Fsp3) is 0.516. The van der Waals surface area contributed by atoms with Crippen molar-refractivity contribution < 1.29 is 19.4 Å². The number of fused-ring (bicyclic) bond motifs is 4. The lowest BCUT2D eigenvalue weighted by molar-refractivity contribution is -0.140. The Labute approximate surface area is 224 Å². The van der Waals surface area contributed by atoms with Gasteiger partial charge in [-0.2, -0.15) is 0 Å². The van der Waals surface area contributed by atoms with Gasteiger partial charge in [-0.15, -0.1) is 0 Å². The minimum Gasteiger partial charge on any atom is -0.497 e. The van der Waals surface area contributed by atoms with Crippen LogP contribution >= 0.6 is 0 Å². The number of ether oxygens (including phenoxy) is 2. The van der Waals surface area contributed by atoms with Crippen molar-refractivity contribution in [2.75, 3.05) is 40.5 Å². The number of methoxy groups -OCH3 is 2. The summed E-state index contributed by atoms with van der Waals surface area (Å²) in [5.74, 6) is 2.27. The number of carbonyl (C=O) groups excluding carboxylic acids is 1. The Kier molecular flexibility index (Phi) is 6.60. The first-order valence-corrected chi connectivity index (χ1v) is 13.9. The van der Waals surface area contributed by atoms with Gasteiger partial charge in [0, 0.05) is 61.7 Å². The van der Waals surface area contributed by atoms with Crippen LogP contribution < -0.4 is 9.47 Å². The summed E-state index contributed by atoms with van der Waals surface area (Å²) in [6.07, 6.45) is 5.13. The molecule has 2 aromatic carbocycles. The molecule has 6 rings (SSSR count). The van der Waals surface area contributed by atoms with Gasteiger partial charge in [-0.1, -0.05) is 18.6 Å². The summed E-state index contributed by atoms with van der Waals surface area (Å²) in [4.78, 5) is 17.7. The number of rotatable bonds is 6. The molecule has 2 aliphatic heterocycles. The monoisotopic (exact) mass is 517 g/mol. The van der Waals surface area contributed by atoms with Gasteiger partial charge in [0.05, 0.1) is 32.4 Å². The van der Waals surface area contributed by atoms with Gasteiger partial charge >= 0.3 is 0 Å². The van der Waals surface area contributed by atoms with Gasteiger partial charge in [0.1, 0.15) is 11.5 Å². The third-order valence-corrected chi connectivity index (χ3v) is 9.45. The topological polar surface area (TPSA) is 67.2 Å². The van der Waals surface area contributed by atoms with Gasteiger partial charge in [-0.3, -0.25) is 9.69 Å². The second-order valence-corrected chi connectivity index (χ2v) is 11.4. The van der Waals surface area contributed by atoms with Gasteiger partial charge in [0.15, 0.2) is 0 Å². The predicted molar refractivity (Wildman–Crippen MR) is 148 cm³/mol. The van der Waals surface area contributed by atoms with Gasteiger partial charge in [-0.05, 0) is 61.1 Å². The van der Waals surface area contributed by atoms with Crippen molar-refractivity contribution in [2.24, 2.45) is 13.0 Å². The summed E-state index contributed by atoms with van der Waals surface area (Å²) >= 11 is 0. The van der Waals surface area contributed by atoms with E-state index in [1.807, 2.05) is 18.2 Å². The molecule has 3 aromatic rings. The number of aromatic nitrogens is 1. The van der Waals surface area contributed by atoms with Crippen LogP contribution in [0.3, 0.4) is 0 Å². The van der Waals surface area contributed by atoms with E-state index >= 15 is 0 Å². The molecule has 2 fully saturated rings. The number of carbonyl (C=O) groups is 1. The average Bonchev–Trinajstić information content (AvgIpc) is 3.21. The summed E-state index contributed by atoms with van der Waals surface area (Å²) in [5, 5.41) is 12.0. The van der Waals surface area contributed by atoms with E-state index in [1.54, 1.807) is 14.2 Å². The predicted octanol–water partition coefficient (Wildman–Crippen LogP) is 4.41. The van der Waals surface area contributed by atoms with Crippen molar-refractivity contribution >= 4 is 16.8 Å². The lowest BCUT2D eigenvalue weighted by Gasteiger charge is -2.51. The zero-order valence-corrected chi connectivity index (χ0v) is 22.8. The Morgan fingerprint density at radius 1 is 1.03 bits per heavy atom. The van der Waals surface area contributed by atoms with Crippen molar-refractivity contribution in [1.29, 1.82) is 0 Å². The molecule has 202 valence electrons. The molecule has 38 heavy (non-hydrogen) atoms. The van der Waals surface area contributed by atoms with E-state index in [1.165, 1.54) is 28.6 Å². The van der Waals surface area contributed by atoms with Crippen LogP contribution in [0.15, 0.2) is 42.5 Å². The van der Waals surface area contributed by atoms with Gasteiger partial charge in [0.25, 0.3) is 0 Å². The van der Waals surface area contributed by atoms with Crippen molar-refractivity contribution in [3.05, 3.63) is 59.3 Å². The molecule has 3 aliphatic rings. The van der Waals surface area contributed by atoms with Crippen LogP contribution in [0.2, 0.25) is 0 Å². The quantitative estimate of drug-likeness (QED) is 0.525. The molecule has 1 amide bonds. The minimum atomic E-state index is -0.115. The van der Waals surface area contributed by atoms with Crippen LogP contribution in [0.5, 0.6) is 11.5 Å². The van der Waals surface area contributed by atoms with E-state index in [9.17, 15) is 9.90 Å². The fourth-order valence-electron chi connectivity index (χ4n) is 7.07. The molecular weight excluding hydrogens is 478 g/mol. The van der Waals surface area contributed by atoms with Crippen LogP contribution in [0.4, 0.5) is 0 Å². The van der Waals surface area contributed by atoms with Crippen molar-refractivity contribution in [3.8, 4) is 11.5 Å². The second-order valence-electron chi connectivity index (χ2n) is 11.4. The number of aliphatic hydroxyl groups excluding tert-OH is 1. The summed E-state index contributed by atoms with van der Waals surface area (Å²) in [5.41, 5.74) is 4.79. The molecule has 7 nitrogen and oxygen atoms in total. The highest BCUT2D eigenvalue weighted by molar-refractivity contribution is 5.89. The maximum Gasteiger partial charge on any atom is 0.225 e. The van der Waals surface area contributed by atoms with Crippen LogP contribution in [0.25, 0.3) is 10.9 Å². The van der Waals surface area contributed by atoms with E-state index < -0.39 is 0 Å². The highest BCUT2D eigenvalue weighted by Gasteiger charge is 2.49. The first-order valence-electron chi connectivity index (χ1n) is 13.9. The summed E-state index contributed by atoms with van der Waals surface area (Å²) in [6.45, 7) is 3.23. The molecule has 0 bridgehead atoms. The number of benzene rings is 2. The number of piperidine rings is 1. The standard InChI is InChI=1S/C31H39N3O4/c1-32-26-17-24(38-3)11-12-25(26)28-29(32)27(19-35)34(18-21-7-9-23(37-2)10-8-21)20-31(28)13-15-33(16-14-31)30(36)22-5-4-6-22/h7-12,17,22,27,35H,4-6,13-16,18-20H2,1-3H3/t27-/m0/s1. The van der Waals surface area contributed by atoms with Crippen molar-refractivity contribution in [2.45, 2.75) is 50.1 Å². The van der Waals surface area contributed by atoms with Crippen LogP contribution in [0, 0.1) is 5.92 Å². The number of aliphatic hydroxyl groups is 1. The molecule has 0 radical (unpaired) electrons. The molecule has 1 saturated heterocycles. The zero-order valence-electron chi connectivity index (χ0n) is 22.8.